The number of nitrogens with two attached hydrogens (primary N) is 1. The highest BCUT2D eigenvalue weighted by Crippen LogP contribution is 2.18. The summed E-state index contributed by atoms with van der Waals surface area (Å²) in [6, 6.07) is 17.5. The molecule has 0 aliphatic carbocycles. The Balaban J connectivity index is 1.86. The molecular formula is C21H28N3O2+. The number of amides is 2. The first-order chi connectivity index (χ1) is 12.5. The molecule has 0 saturated carbocycles. The Labute approximate surface area is 155 Å². The van der Waals surface area contributed by atoms with Crippen LogP contribution < -0.4 is 16.2 Å². The average Bonchev–Trinajstić information content (AvgIpc) is 2.67. The molecule has 0 saturated heterocycles. The maximum Gasteiger partial charge on any atom is 0.293 e. The first-order valence-electron chi connectivity index (χ1n) is 9.07. The van der Waals surface area contributed by atoms with Crippen LogP contribution in [0.4, 0.5) is 0 Å². The molecule has 0 heterocycles. The third-order valence-electron chi connectivity index (χ3n) is 4.40. The largest absolute Gasteiger partial charge is 0.332 e. The van der Waals surface area contributed by atoms with Crippen LogP contribution in [0.2, 0.25) is 0 Å². The smallest absolute Gasteiger partial charge is 0.293 e. The molecule has 0 aromatic heterocycles. The van der Waals surface area contributed by atoms with Crippen LogP contribution in [0, 0.1) is 5.92 Å². The van der Waals surface area contributed by atoms with Crippen LogP contribution in [0.25, 0.3) is 0 Å². The van der Waals surface area contributed by atoms with Crippen LogP contribution in [-0.2, 0) is 11.2 Å². The van der Waals surface area contributed by atoms with Crippen LogP contribution in [-0.4, -0.2) is 18.4 Å². The maximum atomic E-state index is 12.1. The van der Waals surface area contributed by atoms with E-state index in [1.165, 1.54) is 11.1 Å². The summed E-state index contributed by atoms with van der Waals surface area (Å²) in [5, 5.41) is 2.01. The van der Waals surface area contributed by atoms with Gasteiger partial charge in [-0.2, -0.15) is 0 Å². The Morgan fingerprint density at radius 1 is 0.962 bits per heavy atom. The molecule has 0 radical (unpaired) electrons. The average molecular weight is 354 g/mol. The van der Waals surface area contributed by atoms with Gasteiger partial charge in [-0.25, -0.2) is 0 Å². The third-order valence-corrected chi connectivity index (χ3v) is 4.40. The fourth-order valence-electron chi connectivity index (χ4n) is 2.84. The molecule has 4 N–H and O–H groups in total. The van der Waals surface area contributed by atoms with E-state index in [0.717, 1.165) is 6.42 Å². The molecule has 0 spiro atoms. The summed E-state index contributed by atoms with van der Waals surface area (Å²) < 4.78 is 0. The van der Waals surface area contributed by atoms with Crippen molar-refractivity contribution in [3.8, 4) is 0 Å². The second-order valence-corrected chi connectivity index (χ2v) is 6.67. The summed E-state index contributed by atoms with van der Waals surface area (Å²) >= 11 is 0. The third kappa shape index (κ3) is 5.70. The lowest BCUT2D eigenvalue weighted by atomic mass is 9.95. The van der Waals surface area contributed by atoms with Crippen molar-refractivity contribution in [2.45, 2.75) is 33.2 Å². The zero-order chi connectivity index (χ0) is 18.9. The first kappa shape index (κ1) is 19.7. The quantitative estimate of drug-likeness (QED) is 0.665. The predicted molar refractivity (Wildman–Crippen MR) is 102 cm³/mol. The second-order valence-electron chi connectivity index (χ2n) is 6.67. The van der Waals surface area contributed by atoms with E-state index in [0.29, 0.717) is 11.5 Å². The molecule has 2 rings (SSSR count). The molecule has 0 bridgehead atoms. The zero-order valence-electron chi connectivity index (χ0n) is 15.7. The molecule has 0 fully saturated rings. The molecule has 2 amide bonds. The van der Waals surface area contributed by atoms with E-state index in [4.69, 9.17) is 0 Å². The standard InChI is InChI=1S/C21H27N3O2/c1-4-16-10-12-17(13-11-16)20(15(2)3)22-14-19(25)23-24-21(26)18-8-6-5-7-9-18/h5-13,15,20,22H,4,14H2,1-3H3,(H,23,25)(H,24,26)/p+1/t20-/m1/s1. The van der Waals surface area contributed by atoms with Crippen molar-refractivity contribution < 1.29 is 14.9 Å². The lowest BCUT2D eigenvalue weighted by Gasteiger charge is -2.20. The molecule has 0 aliphatic rings. The van der Waals surface area contributed by atoms with E-state index in [1.54, 1.807) is 24.3 Å². The number of nitrogens with one attached hydrogen (secondary N) is 2. The lowest BCUT2D eigenvalue weighted by Crippen LogP contribution is -2.88. The molecule has 5 heteroatoms. The topological polar surface area (TPSA) is 74.8 Å². The first-order valence-corrected chi connectivity index (χ1v) is 9.07. The second kappa shape index (κ2) is 9.73. The van der Waals surface area contributed by atoms with Gasteiger partial charge < -0.3 is 5.32 Å². The van der Waals surface area contributed by atoms with Crippen LogP contribution in [0.3, 0.4) is 0 Å². The minimum atomic E-state index is -0.325. The summed E-state index contributed by atoms with van der Waals surface area (Å²) in [6.07, 6.45) is 1.01. The maximum absolute atomic E-state index is 12.1. The fraction of sp³-hybridized carbons (Fsp3) is 0.333. The number of rotatable bonds is 7. The molecule has 1 atom stereocenters. The van der Waals surface area contributed by atoms with Gasteiger partial charge in [-0.15, -0.1) is 0 Å². The van der Waals surface area contributed by atoms with E-state index >= 15 is 0 Å². The SMILES string of the molecule is CCc1ccc([C@H]([NH2+]CC(=O)NNC(=O)c2ccccc2)C(C)C)cc1. The molecule has 138 valence electrons. The number of benzene rings is 2. The van der Waals surface area contributed by atoms with Crippen molar-refractivity contribution in [2.24, 2.45) is 5.92 Å². The molecule has 2 aromatic rings. The van der Waals surface area contributed by atoms with Crippen LogP contribution in [0.15, 0.2) is 54.6 Å². The van der Waals surface area contributed by atoms with Gasteiger partial charge in [-0.1, -0.05) is 63.2 Å². The number of hydrazine groups is 1. The number of carbonyl (C=O) groups is 2. The molecule has 0 aliphatic heterocycles. The van der Waals surface area contributed by atoms with Gasteiger partial charge in [0, 0.05) is 17.0 Å². The Bertz CT molecular complexity index is 712. The fourth-order valence-corrected chi connectivity index (χ4v) is 2.84. The number of hydrogen-bond acceptors (Lipinski definition) is 2. The predicted octanol–water partition coefficient (Wildman–Crippen LogP) is 1.97. The van der Waals surface area contributed by atoms with Crippen molar-refractivity contribution >= 4 is 11.8 Å². The van der Waals surface area contributed by atoms with E-state index in [-0.39, 0.29) is 24.4 Å². The lowest BCUT2D eigenvalue weighted by molar-refractivity contribution is -0.692. The summed E-state index contributed by atoms with van der Waals surface area (Å²) in [4.78, 5) is 24.0. The minimum absolute atomic E-state index is 0.191. The van der Waals surface area contributed by atoms with Gasteiger partial charge >= 0.3 is 0 Å². The van der Waals surface area contributed by atoms with Crippen LogP contribution in [0.5, 0.6) is 0 Å². The van der Waals surface area contributed by atoms with Gasteiger partial charge in [-0.3, -0.25) is 20.4 Å². The number of carbonyl (C=O) groups excluding carboxylic acids is 2. The van der Waals surface area contributed by atoms with Crippen molar-refractivity contribution in [1.29, 1.82) is 0 Å². The number of aryl methyl sites for hydroxylation is 1. The van der Waals surface area contributed by atoms with E-state index < -0.39 is 0 Å². The van der Waals surface area contributed by atoms with Crippen molar-refractivity contribution in [3.05, 3.63) is 71.3 Å². The number of hydrogen-bond donors (Lipinski definition) is 3. The van der Waals surface area contributed by atoms with Gasteiger partial charge in [0.2, 0.25) is 0 Å². The Morgan fingerprint density at radius 3 is 2.19 bits per heavy atom. The summed E-state index contributed by atoms with van der Waals surface area (Å²) in [6.45, 7) is 6.66. The number of quaternary nitrogens is 1. The van der Waals surface area contributed by atoms with Crippen molar-refractivity contribution in [3.63, 3.8) is 0 Å². The van der Waals surface area contributed by atoms with E-state index in [1.807, 2.05) is 11.4 Å². The van der Waals surface area contributed by atoms with Gasteiger partial charge in [0.1, 0.15) is 6.04 Å². The normalized spacial score (nSPS) is 11.8. The van der Waals surface area contributed by atoms with Gasteiger partial charge in [-0.05, 0) is 24.1 Å². The van der Waals surface area contributed by atoms with Crippen LogP contribution >= 0.6 is 0 Å². The Hall–Kier alpha value is -2.66. The minimum Gasteiger partial charge on any atom is -0.332 e. The van der Waals surface area contributed by atoms with Gasteiger partial charge in [0.25, 0.3) is 11.8 Å². The van der Waals surface area contributed by atoms with Crippen LogP contribution in [0.1, 0.15) is 48.3 Å². The van der Waals surface area contributed by atoms with Crippen molar-refractivity contribution in [2.75, 3.05) is 6.54 Å². The zero-order valence-corrected chi connectivity index (χ0v) is 15.7. The highest BCUT2D eigenvalue weighted by molar-refractivity contribution is 5.95. The van der Waals surface area contributed by atoms with Gasteiger partial charge in [0.15, 0.2) is 6.54 Å². The highest BCUT2D eigenvalue weighted by atomic mass is 16.2. The molecule has 2 aromatic carbocycles. The van der Waals surface area contributed by atoms with E-state index in [9.17, 15) is 9.59 Å². The summed E-state index contributed by atoms with van der Waals surface area (Å²) in [5.74, 6) is -0.172. The monoisotopic (exact) mass is 354 g/mol. The van der Waals surface area contributed by atoms with Crippen molar-refractivity contribution in [1.82, 2.24) is 10.9 Å². The highest BCUT2D eigenvalue weighted by Gasteiger charge is 2.20. The van der Waals surface area contributed by atoms with Gasteiger partial charge in [0.05, 0.1) is 0 Å². The van der Waals surface area contributed by atoms with E-state index in [2.05, 4.69) is 55.9 Å². The molecular weight excluding hydrogens is 326 g/mol. The summed E-state index contributed by atoms with van der Waals surface area (Å²) in [7, 11) is 0. The Kier molecular flexibility index (Phi) is 7.36. The molecule has 0 unspecified atom stereocenters. The Morgan fingerprint density at radius 2 is 1.62 bits per heavy atom. The molecule has 26 heavy (non-hydrogen) atoms. The molecule has 5 nitrogen and oxygen atoms in total. The summed E-state index contributed by atoms with van der Waals surface area (Å²) in [5.41, 5.74) is 7.94.